The highest BCUT2D eigenvalue weighted by Gasteiger charge is 2.36. The van der Waals surface area contributed by atoms with E-state index in [-0.39, 0.29) is 17.3 Å². The number of hydrogen-bond acceptors (Lipinski definition) is 7. The predicted molar refractivity (Wildman–Crippen MR) is 84.0 cm³/mol. The summed E-state index contributed by atoms with van der Waals surface area (Å²) in [5.74, 6) is -0.980. The third-order valence-electron chi connectivity index (χ3n) is 2.97. The van der Waals surface area contributed by atoms with Crippen molar-refractivity contribution >= 4 is 35.0 Å². The van der Waals surface area contributed by atoms with Crippen molar-refractivity contribution in [3.8, 4) is 11.5 Å². The topological polar surface area (TPSA) is 93.1 Å². The second-order valence-corrected chi connectivity index (χ2v) is 5.50. The van der Waals surface area contributed by atoms with Crippen LogP contribution in [-0.2, 0) is 14.3 Å². The molecule has 1 aromatic carbocycles. The number of thioether (sulfide) groups is 1. The second kappa shape index (κ2) is 7.19. The molecule has 1 aliphatic rings. The van der Waals surface area contributed by atoms with Gasteiger partial charge in [0.25, 0.3) is 11.1 Å². The summed E-state index contributed by atoms with van der Waals surface area (Å²) in [5.41, 5.74) is 0.532. The smallest absolute Gasteiger partial charge is 0.326 e. The van der Waals surface area contributed by atoms with E-state index in [2.05, 4.69) is 0 Å². The molecule has 0 aromatic heterocycles. The standard InChI is InChI=1S/C15H15NO6S/c1-3-22-13(18)8-16-14(19)12(23-15(16)20)7-9-4-5-11(21-2)10(17)6-9/h4-7,17H,3,8H2,1-2H3/b12-7+. The summed E-state index contributed by atoms with van der Waals surface area (Å²) in [6, 6.07) is 4.60. The highest BCUT2D eigenvalue weighted by atomic mass is 32.2. The molecule has 1 N–H and O–H groups in total. The molecule has 1 heterocycles. The number of esters is 1. The number of imide groups is 1. The van der Waals surface area contributed by atoms with Crippen LogP contribution in [-0.4, -0.2) is 47.4 Å². The summed E-state index contributed by atoms with van der Waals surface area (Å²) < 4.78 is 9.67. The van der Waals surface area contributed by atoms with E-state index in [9.17, 15) is 19.5 Å². The number of nitrogens with zero attached hydrogens (tertiary/aromatic N) is 1. The van der Waals surface area contributed by atoms with Gasteiger partial charge in [0.1, 0.15) is 6.54 Å². The Labute approximate surface area is 136 Å². The van der Waals surface area contributed by atoms with E-state index in [0.29, 0.717) is 11.3 Å². The summed E-state index contributed by atoms with van der Waals surface area (Å²) in [7, 11) is 1.43. The highest BCUT2D eigenvalue weighted by molar-refractivity contribution is 8.18. The molecule has 2 amide bonds. The number of amides is 2. The molecule has 1 aromatic rings. The molecule has 1 fully saturated rings. The van der Waals surface area contributed by atoms with Gasteiger partial charge in [-0.2, -0.15) is 0 Å². The van der Waals surface area contributed by atoms with Gasteiger partial charge in [-0.25, -0.2) is 0 Å². The first kappa shape index (κ1) is 16.9. The normalized spacial score (nSPS) is 16.1. The molecule has 23 heavy (non-hydrogen) atoms. The lowest BCUT2D eigenvalue weighted by molar-refractivity contribution is -0.145. The van der Waals surface area contributed by atoms with E-state index in [4.69, 9.17) is 9.47 Å². The SMILES string of the molecule is CCOC(=O)CN1C(=O)S/C(=C/c2ccc(OC)c(O)c2)C1=O. The number of phenolic OH excluding ortho intramolecular Hbond substituents is 1. The van der Waals surface area contributed by atoms with Crippen LogP contribution in [0.5, 0.6) is 11.5 Å². The van der Waals surface area contributed by atoms with E-state index in [1.165, 1.54) is 19.3 Å². The van der Waals surface area contributed by atoms with Crippen LogP contribution in [0, 0.1) is 0 Å². The fourth-order valence-electron chi connectivity index (χ4n) is 1.92. The van der Waals surface area contributed by atoms with Crippen LogP contribution in [0.2, 0.25) is 0 Å². The van der Waals surface area contributed by atoms with Gasteiger partial charge >= 0.3 is 5.97 Å². The molecule has 0 aliphatic carbocycles. The largest absolute Gasteiger partial charge is 0.504 e. The molecule has 0 saturated carbocycles. The number of rotatable bonds is 5. The van der Waals surface area contributed by atoms with Crippen LogP contribution in [0.15, 0.2) is 23.1 Å². The van der Waals surface area contributed by atoms with Crippen molar-refractivity contribution in [2.24, 2.45) is 0 Å². The Bertz CT molecular complexity index is 685. The fourth-order valence-corrected chi connectivity index (χ4v) is 2.76. The maximum absolute atomic E-state index is 12.2. The van der Waals surface area contributed by atoms with E-state index in [1.807, 2.05) is 0 Å². The van der Waals surface area contributed by atoms with Gasteiger partial charge in [0, 0.05) is 0 Å². The first-order valence-corrected chi connectivity index (χ1v) is 7.56. The molecule has 0 atom stereocenters. The van der Waals surface area contributed by atoms with Gasteiger partial charge in [-0.1, -0.05) is 6.07 Å². The van der Waals surface area contributed by atoms with Crippen molar-refractivity contribution in [3.05, 3.63) is 28.7 Å². The van der Waals surface area contributed by atoms with Gasteiger partial charge in [0.2, 0.25) is 0 Å². The first-order valence-electron chi connectivity index (χ1n) is 6.74. The molecule has 1 saturated heterocycles. The zero-order chi connectivity index (χ0) is 17.0. The van der Waals surface area contributed by atoms with Gasteiger partial charge in [-0.3, -0.25) is 19.3 Å². The van der Waals surface area contributed by atoms with Crippen molar-refractivity contribution in [2.75, 3.05) is 20.3 Å². The zero-order valence-electron chi connectivity index (χ0n) is 12.6. The maximum atomic E-state index is 12.2. The summed E-state index contributed by atoms with van der Waals surface area (Å²) in [5, 5.41) is 9.19. The Hall–Kier alpha value is -2.48. The van der Waals surface area contributed by atoms with Crippen LogP contribution in [0.4, 0.5) is 4.79 Å². The number of phenols is 1. The van der Waals surface area contributed by atoms with Gasteiger partial charge in [-0.05, 0) is 42.5 Å². The molecule has 7 nitrogen and oxygen atoms in total. The Morgan fingerprint density at radius 1 is 1.39 bits per heavy atom. The molecule has 0 unspecified atom stereocenters. The number of benzene rings is 1. The Morgan fingerprint density at radius 2 is 2.13 bits per heavy atom. The lowest BCUT2D eigenvalue weighted by Gasteiger charge is -2.10. The molecule has 0 bridgehead atoms. The molecule has 8 heteroatoms. The first-order chi connectivity index (χ1) is 11.0. The van der Waals surface area contributed by atoms with Crippen LogP contribution in [0.1, 0.15) is 12.5 Å². The summed E-state index contributed by atoms with van der Waals surface area (Å²) in [4.78, 5) is 36.5. The van der Waals surface area contributed by atoms with E-state index >= 15 is 0 Å². The van der Waals surface area contributed by atoms with Crippen LogP contribution >= 0.6 is 11.8 Å². The monoisotopic (exact) mass is 337 g/mol. The van der Waals surface area contributed by atoms with E-state index < -0.39 is 23.7 Å². The minimum Gasteiger partial charge on any atom is -0.504 e. The molecule has 2 rings (SSSR count). The van der Waals surface area contributed by atoms with Crippen LogP contribution in [0.3, 0.4) is 0 Å². The summed E-state index contributed by atoms with van der Waals surface area (Å²) >= 11 is 0.730. The second-order valence-electron chi connectivity index (χ2n) is 4.50. The minimum absolute atomic E-state index is 0.0768. The average Bonchev–Trinajstić information content (AvgIpc) is 2.75. The molecular weight excluding hydrogens is 322 g/mol. The van der Waals surface area contributed by atoms with Crippen molar-refractivity contribution in [1.82, 2.24) is 4.90 Å². The summed E-state index contributed by atoms with van der Waals surface area (Å²) in [6.07, 6.45) is 1.47. The highest BCUT2D eigenvalue weighted by Crippen LogP contribution is 2.33. The number of aromatic hydroxyl groups is 1. The molecule has 122 valence electrons. The number of carbonyl (C=O) groups is 3. The maximum Gasteiger partial charge on any atom is 0.326 e. The van der Waals surface area contributed by atoms with Crippen molar-refractivity contribution in [3.63, 3.8) is 0 Å². The van der Waals surface area contributed by atoms with Crippen molar-refractivity contribution in [2.45, 2.75) is 6.92 Å². The molecular formula is C15H15NO6S. The lowest BCUT2D eigenvalue weighted by atomic mass is 10.2. The number of hydrogen-bond donors (Lipinski definition) is 1. The van der Waals surface area contributed by atoms with Crippen LogP contribution < -0.4 is 4.74 Å². The number of ether oxygens (including phenoxy) is 2. The van der Waals surface area contributed by atoms with E-state index in [0.717, 1.165) is 16.7 Å². The predicted octanol–water partition coefficient (Wildman–Crippen LogP) is 2.00. The van der Waals surface area contributed by atoms with Crippen molar-refractivity contribution < 1.29 is 29.0 Å². The Balaban J connectivity index is 2.18. The molecule has 0 spiro atoms. The Kier molecular flexibility index (Phi) is 5.28. The third kappa shape index (κ3) is 3.84. The van der Waals surface area contributed by atoms with Crippen molar-refractivity contribution in [1.29, 1.82) is 0 Å². The number of carbonyl (C=O) groups excluding carboxylic acids is 3. The Morgan fingerprint density at radius 3 is 2.74 bits per heavy atom. The third-order valence-corrected chi connectivity index (χ3v) is 3.87. The van der Waals surface area contributed by atoms with Gasteiger partial charge in [-0.15, -0.1) is 0 Å². The minimum atomic E-state index is -0.641. The number of methoxy groups -OCH3 is 1. The van der Waals surface area contributed by atoms with Gasteiger partial charge in [0.15, 0.2) is 11.5 Å². The van der Waals surface area contributed by atoms with Gasteiger partial charge < -0.3 is 14.6 Å². The zero-order valence-corrected chi connectivity index (χ0v) is 13.4. The lowest BCUT2D eigenvalue weighted by Crippen LogP contribution is -2.34. The van der Waals surface area contributed by atoms with Crippen LogP contribution in [0.25, 0.3) is 6.08 Å². The fraction of sp³-hybridized carbons (Fsp3) is 0.267. The quantitative estimate of drug-likeness (QED) is 0.649. The van der Waals surface area contributed by atoms with E-state index in [1.54, 1.807) is 19.1 Å². The molecule has 0 radical (unpaired) electrons. The molecule has 1 aliphatic heterocycles. The van der Waals surface area contributed by atoms with Gasteiger partial charge in [0.05, 0.1) is 18.6 Å². The average molecular weight is 337 g/mol. The summed E-state index contributed by atoms with van der Waals surface area (Å²) in [6.45, 7) is 1.40.